The Kier molecular flexibility index (Phi) is 7.07. The summed E-state index contributed by atoms with van der Waals surface area (Å²) in [5.41, 5.74) is 1.61. The second-order valence-corrected chi connectivity index (χ2v) is 6.92. The predicted octanol–water partition coefficient (Wildman–Crippen LogP) is 3.34. The van der Waals surface area contributed by atoms with Crippen LogP contribution in [0.15, 0.2) is 52.1 Å². The molecule has 1 heterocycles. The highest BCUT2D eigenvalue weighted by molar-refractivity contribution is 7.99. The van der Waals surface area contributed by atoms with Crippen molar-refractivity contribution in [3.8, 4) is 23.0 Å². The summed E-state index contributed by atoms with van der Waals surface area (Å²) in [6, 6.07) is 11.5. The number of hydrogen-bond donors (Lipinski definition) is 1. The Bertz CT molecular complexity index is 940. The Morgan fingerprint density at radius 1 is 1.10 bits per heavy atom. The van der Waals surface area contributed by atoms with E-state index in [2.05, 4.69) is 15.5 Å². The molecule has 3 rings (SSSR count). The van der Waals surface area contributed by atoms with Crippen molar-refractivity contribution in [2.75, 3.05) is 26.5 Å². The molecular formula is C20H20FN3O4S. The van der Waals surface area contributed by atoms with Gasteiger partial charge in [-0.15, -0.1) is 10.2 Å². The molecule has 9 heteroatoms. The Morgan fingerprint density at radius 3 is 2.45 bits per heavy atom. The third kappa shape index (κ3) is 5.95. The Hall–Kier alpha value is -3.07. The van der Waals surface area contributed by atoms with Crippen molar-refractivity contribution in [3.05, 3.63) is 53.8 Å². The molecule has 1 aromatic heterocycles. The van der Waals surface area contributed by atoms with E-state index < -0.39 is 0 Å². The van der Waals surface area contributed by atoms with Gasteiger partial charge in [0.2, 0.25) is 11.8 Å². The number of benzene rings is 2. The van der Waals surface area contributed by atoms with Crippen LogP contribution in [0.1, 0.15) is 5.56 Å². The number of aromatic nitrogens is 2. The highest BCUT2D eigenvalue weighted by Crippen LogP contribution is 2.30. The lowest BCUT2D eigenvalue weighted by atomic mass is 10.1. The van der Waals surface area contributed by atoms with Crippen LogP contribution in [-0.2, 0) is 11.2 Å². The summed E-state index contributed by atoms with van der Waals surface area (Å²) in [6.45, 7) is 0.462. The molecule has 0 atom stereocenters. The third-order valence-corrected chi connectivity index (χ3v) is 4.80. The van der Waals surface area contributed by atoms with Gasteiger partial charge < -0.3 is 19.2 Å². The molecule has 7 nitrogen and oxygen atoms in total. The van der Waals surface area contributed by atoms with Crippen molar-refractivity contribution in [1.82, 2.24) is 15.5 Å². The van der Waals surface area contributed by atoms with Crippen LogP contribution in [-0.4, -0.2) is 42.6 Å². The number of halogens is 1. The smallest absolute Gasteiger partial charge is 0.277 e. The van der Waals surface area contributed by atoms with Gasteiger partial charge in [-0.1, -0.05) is 23.9 Å². The first-order chi connectivity index (χ1) is 14.1. The Labute approximate surface area is 171 Å². The molecule has 0 saturated carbocycles. The van der Waals surface area contributed by atoms with Crippen LogP contribution in [0.25, 0.3) is 11.5 Å². The van der Waals surface area contributed by atoms with Crippen LogP contribution in [0.3, 0.4) is 0 Å². The minimum Gasteiger partial charge on any atom is -0.497 e. The average Bonchev–Trinajstić information content (AvgIpc) is 3.22. The van der Waals surface area contributed by atoms with E-state index in [4.69, 9.17) is 13.9 Å². The summed E-state index contributed by atoms with van der Waals surface area (Å²) in [6.07, 6.45) is 0.624. The zero-order valence-electron chi connectivity index (χ0n) is 16.0. The van der Waals surface area contributed by atoms with Gasteiger partial charge in [0.05, 0.1) is 20.0 Å². The number of amides is 1. The molecule has 0 radical (unpaired) electrons. The van der Waals surface area contributed by atoms with Gasteiger partial charge in [-0.2, -0.15) is 0 Å². The number of thioether (sulfide) groups is 1. The molecule has 0 aliphatic rings. The van der Waals surface area contributed by atoms with Crippen LogP contribution in [0.2, 0.25) is 0 Å². The highest BCUT2D eigenvalue weighted by Gasteiger charge is 2.13. The molecule has 0 spiro atoms. The number of carbonyl (C=O) groups is 1. The molecule has 0 bridgehead atoms. The van der Waals surface area contributed by atoms with Crippen molar-refractivity contribution in [2.24, 2.45) is 0 Å². The number of methoxy groups -OCH3 is 2. The van der Waals surface area contributed by atoms with Gasteiger partial charge in [-0.05, 0) is 36.2 Å². The summed E-state index contributed by atoms with van der Waals surface area (Å²) in [5.74, 6) is 1.23. The van der Waals surface area contributed by atoms with E-state index in [1.807, 2.05) is 0 Å². The summed E-state index contributed by atoms with van der Waals surface area (Å²) in [4.78, 5) is 12.0. The van der Waals surface area contributed by atoms with E-state index in [0.717, 1.165) is 17.3 Å². The summed E-state index contributed by atoms with van der Waals surface area (Å²) >= 11 is 1.15. The highest BCUT2D eigenvalue weighted by atomic mass is 32.2. The first-order valence-corrected chi connectivity index (χ1v) is 9.77. The van der Waals surface area contributed by atoms with Crippen LogP contribution in [0.4, 0.5) is 4.39 Å². The largest absolute Gasteiger partial charge is 0.497 e. The molecular weight excluding hydrogens is 397 g/mol. The lowest BCUT2D eigenvalue weighted by molar-refractivity contribution is -0.118. The zero-order chi connectivity index (χ0) is 20.6. The minimum atomic E-state index is -0.277. The van der Waals surface area contributed by atoms with Crippen LogP contribution in [0, 0.1) is 5.82 Å². The number of carbonyl (C=O) groups excluding carboxylic acids is 1. The Morgan fingerprint density at radius 2 is 1.79 bits per heavy atom. The molecule has 0 unspecified atom stereocenters. The number of rotatable bonds is 9. The maximum Gasteiger partial charge on any atom is 0.277 e. The molecule has 2 aromatic carbocycles. The van der Waals surface area contributed by atoms with E-state index in [-0.39, 0.29) is 22.7 Å². The van der Waals surface area contributed by atoms with Gasteiger partial charge in [0.1, 0.15) is 17.3 Å². The van der Waals surface area contributed by atoms with Crippen LogP contribution < -0.4 is 14.8 Å². The Balaban J connectivity index is 1.50. The van der Waals surface area contributed by atoms with E-state index in [9.17, 15) is 9.18 Å². The molecule has 152 valence electrons. The number of nitrogens with zero attached hydrogens (tertiary/aromatic N) is 2. The van der Waals surface area contributed by atoms with Gasteiger partial charge in [0.15, 0.2) is 0 Å². The normalized spacial score (nSPS) is 10.6. The topological polar surface area (TPSA) is 86.5 Å². The van der Waals surface area contributed by atoms with E-state index in [1.54, 1.807) is 44.6 Å². The molecule has 0 fully saturated rings. The summed E-state index contributed by atoms with van der Waals surface area (Å²) < 4.78 is 29.0. The van der Waals surface area contributed by atoms with Crippen LogP contribution >= 0.6 is 11.8 Å². The maximum absolute atomic E-state index is 12.9. The molecule has 1 amide bonds. The average molecular weight is 417 g/mol. The summed E-state index contributed by atoms with van der Waals surface area (Å²) in [5, 5.41) is 11.1. The fraction of sp³-hybridized carbons (Fsp3) is 0.250. The van der Waals surface area contributed by atoms with Gasteiger partial charge in [-0.25, -0.2) is 4.39 Å². The maximum atomic E-state index is 12.9. The van der Waals surface area contributed by atoms with E-state index in [1.165, 1.54) is 12.1 Å². The second kappa shape index (κ2) is 9.92. The van der Waals surface area contributed by atoms with E-state index in [0.29, 0.717) is 35.9 Å². The summed E-state index contributed by atoms with van der Waals surface area (Å²) in [7, 11) is 3.12. The zero-order valence-corrected chi connectivity index (χ0v) is 16.8. The molecule has 0 saturated heterocycles. The van der Waals surface area contributed by atoms with Gasteiger partial charge in [0, 0.05) is 18.2 Å². The van der Waals surface area contributed by atoms with E-state index >= 15 is 0 Å². The van der Waals surface area contributed by atoms with Crippen molar-refractivity contribution < 1.29 is 23.1 Å². The van der Waals surface area contributed by atoms with Crippen molar-refractivity contribution in [1.29, 1.82) is 0 Å². The molecule has 3 aromatic rings. The van der Waals surface area contributed by atoms with Crippen molar-refractivity contribution in [3.63, 3.8) is 0 Å². The predicted molar refractivity (Wildman–Crippen MR) is 107 cm³/mol. The van der Waals surface area contributed by atoms with Gasteiger partial charge in [0.25, 0.3) is 5.22 Å². The standard InChI is InChI=1S/C20H20FN3O4S/c1-26-16-9-14(10-17(11-16)27-2)19-23-24-20(28-19)29-12-18(25)22-8-7-13-3-5-15(21)6-4-13/h3-6,9-11H,7-8,12H2,1-2H3,(H,22,25). The number of ether oxygens (including phenoxy) is 2. The molecule has 0 aliphatic carbocycles. The number of hydrogen-bond acceptors (Lipinski definition) is 7. The molecule has 1 N–H and O–H groups in total. The minimum absolute atomic E-state index is 0.145. The van der Waals surface area contributed by atoms with Crippen molar-refractivity contribution >= 4 is 17.7 Å². The molecule has 29 heavy (non-hydrogen) atoms. The monoisotopic (exact) mass is 417 g/mol. The third-order valence-electron chi connectivity index (χ3n) is 3.98. The van der Waals surface area contributed by atoms with Crippen molar-refractivity contribution in [2.45, 2.75) is 11.6 Å². The second-order valence-electron chi connectivity index (χ2n) is 5.99. The first kappa shape index (κ1) is 20.7. The first-order valence-electron chi connectivity index (χ1n) is 8.78. The van der Waals surface area contributed by atoms with Crippen LogP contribution in [0.5, 0.6) is 11.5 Å². The van der Waals surface area contributed by atoms with Gasteiger partial charge >= 0.3 is 0 Å². The number of nitrogens with one attached hydrogen (secondary N) is 1. The molecule has 0 aliphatic heterocycles. The fourth-order valence-corrected chi connectivity index (χ4v) is 3.08. The SMILES string of the molecule is COc1cc(OC)cc(-c2nnc(SCC(=O)NCCc3ccc(F)cc3)o2)c1. The van der Waals surface area contributed by atoms with Gasteiger partial charge in [-0.3, -0.25) is 4.79 Å². The lowest BCUT2D eigenvalue weighted by Gasteiger charge is -2.05. The fourth-order valence-electron chi connectivity index (χ4n) is 2.49. The lowest BCUT2D eigenvalue weighted by Crippen LogP contribution is -2.27. The quantitative estimate of drug-likeness (QED) is 0.534.